The van der Waals surface area contributed by atoms with Gasteiger partial charge in [0.1, 0.15) is 17.3 Å². The van der Waals surface area contributed by atoms with Gasteiger partial charge in [-0.1, -0.05) is 30.2 Å². The van der Waals surface area contributed by atoms with Crippen LogP contribution in [-0.2, 0) is 17.9 Å². The average Bonchev–Trinajstić information content (AvgIpc) is 2.69. The van der Waals surface area contributed by atoms with E-state index in [4.69, 9.17) is 16.9 Å². The Labute approximate surface area is 113 Å². The number of aryl methyl sites for hydroxylation is 1. The number of rotatable bonds is 4. The van der Waals surface area contributed by atoms with E-state index in [1.165, 1.54) is 0 Å². The maximum atomic E-state index is 6.10. The van der Waals surface area contributed by atoms with Crippen molar-refractivity contribution >= 4 is 5.82 Å². The summed E-state index contributed by atoms with van der Waals surface area (Å²) in [5, 5.41) is 0. The zero-order valence-corrected chi connectivity index (χ0v) is 11.2. The number of imidazole rings is 1. The Hall–Kier alpha value is -2.25. The van der Waals surface area contributed by atoms with Gasteiger partial charge < -0.3 is 15.0 Å². The number of anilines is 1. The van der Waals surface area contributed by atoms with E-state index in [2.05, 4.69) is 10.9 Å². The summed E-state index contributed by atoms with van der Waals surface area (Å²) < 4.78 is 6.92. The van der Waals surface area contributed by atoms with E-state index >= 15 is 0 Å². The molecule has 0 fully saturated rings. The molecule has 0 atom stereocenters. The molecule has 4 heteroatoms. The van der Waals surface area contributed by atoms with Crippen molar-refractivity contribution in [3.63, 3.8) is 0 Å². The van der Waals surface area contributed by atoms with Crippen molar-refractivity contribution in [3.05, 3.63) is 35.7 Å². The largest absolute Gasteiger partial charge is 0.383 e. The molecule has 2 rings (SSSR count). The molecular formula is C15H17N3O. The van der Waals surface area contributed by atoms with Crippen molar-refractivity contribution < 1.29 is 4.74 Å². The zero-order valence-electron chi connectivity index (χ0n) is 11.2. The molecular weight excluding hydrogens is 238 g/mol. The molecule has 1 aromatic carbocycles. The topological polar surface area (TPSA) is 53.1 Å². The first-order valence-corrected chi connectivity index (χ1v) is 6.01. The molecule has 0 aliphatic heterocycles. The molecule has 1 aromatic heterocycles. The molecule has 98 valence electrons. The molecule has 0 aliphatic carbocycles. The summed E-state index contributed by atoms with van der Waals surface area (Å²) in [4.78, 5) is 4.49. The van der Waals surface area contributed by atoms with Gasteiger partial charge in [-0.25, -0.2) is 4.98 Å². The molecule has 19 heavy (non-hydrogen) atoms. The number of terminal acetylenes is 1. The Morgan fingerprint density at radius 3 is 2.63 bits per heavy atom. The van der Waals surface area contributed by atoms with Gasteiger partial charge in [0, 0.05) is 12.7 Å². The first-order valence-electron chi connectivity index (χ1n) is 6.01. The highest BCUT2D eigenvalue weighted by molar-refractivity contribution is 5.71. The predicted molar refractivity (Wildman–Crippen MR) is 76.4 cm³/mol. The van der Waals surface area contributed by atoms with Gasteiger partial charge in [-0.15, -0.1) is 6.42 Å². The standard InChI is InChI=1S/C15H17N3O/c1-4-9-18-11(2)17-14(15(18)16)13-7-5-12(6-8-13)10-19-3/h1,5-8H,9-10,16H2,2-3H3. The second-order valence-electron chi connectivity index (χ2n) is 4.31. The summed E-state index contributed by atoms with van der Waals surface area (Å²) in [5.74, 6) is 4.01. The Bertz CT molecular complexity index is 606. The normalized spacial score (nSPS) is 10.4. The molecule has 0 amide bonds. The Morgan fingerprint density at radius 2 is 2.05 bits per heavy atom. The second kappa shape index (κ2) is 5.59. The van der Waals surface area contributed by atoms with Crippen LogP contribution in [-0.4, -0.2) is 16.7 Å². The molecule has 0 saturated carbocycles. The van der Waals surface area contributed by atoms with E-state index < -0.39 is 0 Å². The SMILES string of the molecule is C#CCn1c(C)nc(-c2ccc(COC)cc2)c1N. The molecule has 1 heterocycles. The molecule has 0 saturated heterocycles. The summed E-state index contributed by atoms with van der Waals surface area (Å²) in [6, 6.07) is 8.00. The first-order chi connectivity index (χ1) is 9.17. The van der Waals surface area contributed by atoms with Crippen LogP contribution in [0, 0.1) is 19.3 Å². The highest BCUT2D eigenvalue weighted by atomic mass is 16.5. The minimum Gasteiger partial charge on any atom is -0.383 e. The highest BCUT2D eigenvalue weighted by Crippen LogP contribution is 2.26. The van der Waals surface area contributed by atoms with Gasteiger partial charge in [0.05, 0.1) is 13.2 Å². The van der Waals surface area contributed by atoms with Crippen LogP contribution in [0.4, 0.5) is 5.82 Å². The number of benzene rings is 1. The van der Waals surface area contributed by atoms with Crippen LogP contribution < -0.4 is 5.73 Å². The lowest BCUT2D eigenvalue weighted by molar-refractivity contribution is 0.185. The van der Waals surface area contributed by atoms with E-state index in [-0.39, 0.29) is 0 Å². The number of hydrogen-bond donors (Lipinski definition) is 1. The fourth-order valence-electron chi connectivity index (χ4n) is 2.01. The Balaban J connectivity index is 2.37. The molecule has 0 aliphatic rings. The number of hydrogen-bond acceptors (Lipinski definition) is 3. The van der Waals surface area contributed by atoms with Gasteiger partial charge in [-0.2, -0.15) is 0 Å². The zero-order chi connectivity index (χ0) is 13.8. The monoisotopic (exact) mass is 255 g/mol. The summed E-state index contributed by atoms with van der Waals surface area (Å²) in [5.41, 5.74) is 8.97. The van der Waals surface area contributed by atoms with Crippen molar-refractivity contribution in [2.45, 2.75) is 20.1 Å². The van der Waals surface area contributed by atoms with E-state index in [9.17, 15) is 0 Å². The number of nitrogen functional groups attached to an aromatic ring is 1. The number of methoxy groups -OCH3 is 1. The third-order valence-electron chi connectivity index (χ3n) is 2.99. The van der Waals surface area contributed by atoms with Crippen LogP contribution in [0.2, 0.25) is 0 Å². The Morgan fingerprint density at radius 1 is 1.37 bits per heavy atom. The average molecular weight is 255 g/mol. The smallest absolute Gasteiger partial charge is 0.132 e. The van der Waals surface area contributed by atoms with Crippen LogP contribution in [0.1, 0.15) is 11.4 Å². The van der Waals surface area contributed by atoms with E-state index in [0.29, 0.717) is 19.0 Å². The van der Waals surface area contributed by atoms with Gasteiger partial charge in [0.2, 0.25) is 0 Å². The van der Waals surface area contributed by atoms with Gasteiger partial charge in [0.15, 0.2) is 0 Å². The van der Waals surface area contributed by atoms with Gasteiger partial charge >= 0.3 is 0 Å². The predicted octanol–water partition coefficient (Wildman–Crippen LogP) is 2.22. The van der Waals surface area contributed by atoms with Crippen molar-refractivity contribution in [1.82, 2.24) is 9.55 Å². The third kappa shape index (κ3) is 2.61. The molecule has 4 nitrogen and oxygen atoms in total. The van der Waals surface area contributed by atoms with Crippen molar-refractivity contribution in [1.29, 1.82) is 0 Å². The molecule has 0 bridgehead atoms. The number of nitrogens with two attached hydrogens (primary N) is 1. The summed E-state index contributed by atoms with van der Waals surface area (Å²) in [6.07, 6.45) is 5.33. The molecule has 2 aromatic rings. The highest BCUT2D eigenvalue weighted by Gasteiger charge is 2.12. The molecule has 0 radical (unpaired) electrons. The van der Waals surface area contributed by atoms with Crippen LogP contribution in [0.25, 0.3) is 11.3 Å². The lowest BCUT2D eigenvalue weighted by atomic mass is 10.1. The van der Waals surface area contributed by atoms with Gasteiger partial charge in [0.25, 0.3) is 0 Å². The molecule has 0 spiro atoms. The summed E-state index contributed by atoms with van der Waals surface area (Å²) >= 11 is 0. The quantitative estimate of drug-likeness (QED) is 0.852. The molecule has 0 unspecified atom stereocenters. The van der Waals surface area contributed by atoms with E-state index in [1.54, 1.807) is 7.11 Å². The van der Waals surface area contributed by atoms with E-state index in [0.717, 1.165) is 22.6 Å². The van der Waals surface area contributed by atoms with Crippen molar-refractivity contribution in [2.75, 3.05) is 12.8 Å². The number of aromatic nitrogens is 2. The maximum absolute atomic E-state index is 6.10. The van der Waals surface area contributed by atoms with Crippen molar-refractivity contribution in [3.8, 4) is 23.6 Å². The Kier molecular flexibility index (Phi) is 3.88. The van der Waals surface area contributed by atoms with Crippen LogP contribution in [0.3, 0.4) is 0 Å². The molecule has 2 N–H and O–H groups in total. The lowest BCUT2D eigenvalue weighted by Crippen LogP contribution is -2.03. The fourth-order valence-corrected chi connectivity index (χ4v) is 2.01. The maximum Gasteiger partial charge on any atom is 0.132 e. The summed E-state index contributed by atoms with van der Waals surface area (Å²) in [7, 11) is 1.68. The fraction of sp³-hybridized carbons (Fsp3) is 0.267. The lowest BCUT2D eigenvalue weighted by Gasteiger charge is -2.04. The second-order valence-corrected chi connectivity index (χ2v) is 4.31. The third-order valence-corrected chi connectivity index (χ3v) is 2.99. The van der Waals surface area contributed by atoms with Gasteiger partial charge in [-0.3, -0.25) is 0 Å². The minimum absolute atomic E-state index is 0.437. The van der Waals surface area contributed by atoms with Crippen molar-refractivity contribution in [2.24, 2.45) is 0 Å². The van der Waals surface area contributed by atoms with Gasteiger partial charge in [-0.05, 0) is 12.5 Å². The first kappa shape index (κ1) is 13.2. The van der Waals surface area contributed by atoms with Crippen LogP contribution in [0.15, 0.2) is 24.3 Å². The van der Waals surface area contributed by atoms with Crippen LogP contribution in [0.5, 0.6) is 0 Å². The minimum atomic E-state index is 0.437. The summed E-state index contributed by atoms with van der Waals surface area (Å²) in [6.45, 7) is 2.93. The van der Waals surface area contributed by atoms with Crippen LogP contribution >= 0.6 is 0 Å². The van der Waals surface area contributed by atoms with E-state index in [1.807, 2.05) is 35.8 Å². The number of nitrogens with zero attached hydrogens (tertiary/aromatic N) is 2. The number of ether oxygens (including phenoxy) is 1.